The molecule has 16 heavy (non-hydrogen) atoms. The first-order valence-corrected chi connectivity index (χ1v) is 6.08. The predicted molar refractivity (Wildman–Crippen MR) is 68.7 cm³/mol. The van der Waals surface area contributed by atoms with Crippen LogP contribution in [0, 0.1) is 0 Å². The number of hydrogen-bond acceptors (Lipinski definition) is 2. The molecule has 90 valence electrons. The minimum absolute atomic E-state index is 0.161. The number of rotatable bonds is 6. The zero-order chi connectivity index (χ0) is 12.0. The second kappa shape index (κ2) is 6.24. The third-order valence-electron chi connectivity index (χ3n) is 2.78. The fourth-order valence-electron chi connectivity index (χ4n) is 1.69. The molecule has 0 aliphatic carbocycles. The second-order valence-corrected chi connectivity index (χ2v) is 4.89. The van der Waals surface area contributed by atoms with E-state index in [1.165, 1.54) is 5.56 Å². The standard InChI is InChI=1S/C13H20ClNO/c1-3-8-13(2,10-16)15-9-11-4-6-12(14)7-5-11/h4-7,15-16H,3,8-10H2,1-2H3. The van der Waals surface area contributed by atoms with E-state index >= 15 is 0 Å². The van der Waals surface area contributed by atoms with Gasteiger partial charge in [-0.15, -0.1) is 0 Å². The van der Waals surface area contributed by atoms with Gasteiger partial charge in [-0.25, -0.2) is 0 Å². The Morgan fingerprint density at radius 2 is 1.94 bits per heavy atom. The highest BCUT2D eigenvalue weighted by Gasteiger charge is 2.20. The number of nitrogens with one attached hydrogen (secondary N) is 1. The first-order chi connectivity index (χ1) is 7.59. The highest BCUT2D eigenvalue weighted by molar-refractivity contribution is 6.30. The summed E-state index contributed by atoms with van der Waals surface area (Å²) >= 11 is 5.82. The maximum atomic E-state index is 9.35. The van der Waals surface area contributed by atoms with E-state index in [4.69, 9.17) is 11.6 Å². The number of hydrogen-bond donors (Lipinski definition) is 2. The van der Waals surface area contributed by atoms with Gasteiger partial charge < -0.3 is 10.4 Å². The Bertz CT molecular complexity index is 312. The molecule has 0 saturated carbocycles. The highest BCUT2D eigenvalue weighted by Crippen LogP contribution is 2.14. The van der Waals surface area contributed by atoms with Gasteiger partial charge in [0.05, 0.1) is 6.61 Å². The van der Waals surface area contributed by atoms with E-state index in [1.54, 1.807) is 0 Å². The molecule has 0 spiro atoms. The molecular weight excluding hydrogens is 222 g/mol. The smallest absolute Gasteiger partial charge is 0.0610 e. The van der Waals surface area contributed by atoms with Gasteiger partial charge in [-0.2, -0.15) is 0 Å². The van der Waals surface area contributed by atoms with Crippen molar-refractivity contribution >= 4 is 11.6 Å². The van der Waals surface area contributed by atoms with Crippen LogP contribution in [0.2, 0.25) is 5.02 Å². The zero-order valence-electron chi connectivity index (χ0n) is 9.96. The summed E-state index contributed by atoms with van der Waals surface area (Å²) < 4.78 is 0. The number of aliphatic hydroxyl groups excluding tert-OH is 1. The Hall–Kier alpha value is -0.570. The lowest BCUT2D eigenvalue weighted by atomic mass is 9.97. The van der Waals surface area contributed by atoms with Gasteiger partial charge in [0.25, 0.3) is 0 Å². The first kappa shape index (κ1) is 13.5. The molecule has 0 amide bonds. The molecule has 1 aromatic carbocycles. The molecule has 2 nitrogen and oxygen atoms in total. The lowest BCUT2D eigenvalue weighted by Crippen LogP contribution is -2.45. The molecule has 0 bridgehead atoms. The first-order valence-electron chi connectivity index (χ1n) is 5.70. The van der Waals surface area contributed by atoms with Gasteiger partial charge in [-0.3, -0.25) is 0 Å². The van der Waals surface area contributed by atoms with Crippen LogP contribution in [0.3, 0.4) is 0 Å². The van der Waals surface area contributed by atoms with E-state index in [0.29, 0.717) is 0 Å². The van der Waals surface area contributed by atoms with E-state index < -0.39 is 0 Å². The summed E-state index contributed by atoms with van der Waals surface area (Å²) in [5, 5.41) is 13.5. The van der Waals surface area contributed by atoms with Crippen LogP contribution in [-0.4, -0.2) is 17.3 Å². The molecule has 1 atom stereocenters. The number of aliphatic hydroxyl groups is 1. The van der Waals surface area contributed by atoms with Gasteiger partial charge >= 0.3 is 0 Å². The third kappa shape index (κ3) is 4.12. The van der Waals surface area contributed by atoms with Crippen LogP contribution in [0.1, 0.15) is 32.3 Å². The predicted octanol–water partition coefficient (Wildman–Crippen LogP) is 2.98. The van der Waals surface area contributed by atoms with Gasteiger partial charge in [0.1, 0.15) is 0 Å². The highest BCUT2D eigenvalue weighted by atomic mass is 35.5. The van der Waals surface area contributed by atoms with E-state index in [-0.39, 0.29) is 12.1 Å². The third-order valence-corrected chi connectivity index (χ3v) is 3.04. The van der Waals surface area contributed by atoms with Gasteiger partial charge in [0.2, 0.25) is 0 Å². The Kier molecular flexibility index (Phi) is 5.26. The SMILES string of the molecule is CCCC(C)(CO)NCc1ccc(Cl)cc1. The normalized spacial score (nSPS) is 14.8. The minimum atomic E-state index is -0.186. The largest absolute Gasteiger partial charge is 0.394 e. The average molecular weight is 242 g/mol. The Morgan fingerprint density at radius 1 is 1.31 bits per heavy atom. The summed E-state index contributed by atoms with van der Waals surface area (Å²) in [6.45, 7) is 5.09. The number of benzene rings is 1. The molecule has 0 heterocycles. The average Bonchev–Trinajstić information content (AvgIpc) is 2.29. The van der Waals surface area contributed by atoms with Gasteiger partial charge in [0, 0.05) is 17.1 Å². The summed E-state index contributed by atoms with van der Waals surface area (Å²) in [6, 6.07) is 7.77. The van der Waals surface area contributed by atoms with Crippen LogP contribution in [0.5, 0.6) is 0 Å². The molecular formula is C13H20ClNO. The zero-order valence-corrected chi connectivity index (χ0v) is 10.7. The summed E-state index contributed by atoms with van der Waals surface area (Å²) in [4.78, 5) is 0. The molecule has 3 heteroatoms. The Balaban J connectivity index is 2.52. The molecule has 1 aromatic rings. The van der Waals surface area contributed by atoms with Crippen molar-refractivity contribution in [2.45, 2.75) is 38.8 Å². The van der Waals surface area contributed by atoms with E-state index in [9.17, 15) is 5.11 Å². The molecule has 1 unspecified atom stereocenters. The van der Waals surface area contributed by atoms with Crippen LogP contribution in [0.4, 0.5) is 0 Å². The van der Waals surface area contributed by atoms with E-state index in [0.717, 1.165) is 24.4 Å². The molecule has 0 radical (unpaired) electrons. The molecule has 0 aromatic heterocycles. The molecule has 2 N–H and O–H groups in total. The summed E-state index contributed by atoms with van der Waals surface area (Å²) in [7, 11) is 0. The maximum Gasteiger partial charge on any atom is 0.0610 e. The van der Waals surface area contributed by atoms with Crippen LogP contribution in [0.15, 0.2) is 24.3 Å². The van der Waals surface area contributed by atoms with E-state index in [1.807, 2.05) is 31.2 Å². The van der Waals surface area contributed by atoms with Gasteiger partial charge in [-0.1, -0.05) is 37.1 Å². The lowest BCUT2D eigenvalue weighted by molar-refractivity contribution is 0.163. The van der Waals surface area contributed by atoms with Crippen molar-refractivity contribution in [2.75, 3.05) is 6.61 Å². The van der Waals surface area contributed by atoms with Crippen molar-refractivity contribution in [1.29, 1.82) is 0 Å². The molecule has 0 aliphatic rings. The van der Waals surface area contributed by atoms with Crippen molar-refractivity contribution in [1.82, 2.24) is 5.32 Å². The van der Waals surface area contributed by atoms with Crippen molar-refractivity contribution in [3.05, 3.63) is 34.9 Å². The van der Waals surface area contributed by atoms with Crippen molar-refractivity contribution < 1.29 is 5.11 Å². The van der Waals surface area contributed by atoms with E-state index in [2.05, 4.69) is 12.2 Å². The maximum absolute atomic E-state index is 9.35. The van der Waals surface area contributed by atoms with Crippen LogP contribution < -0.4 is 5.32 Å². The number of halogens is 1. The molecule has 1 rings (SSSR count). The van der Waals surface area contributed by atoms with Crippen LogP contribution in [-0.2, 0) is 6.54 Å². The fraction of sp³-hybridized carbons (Fsp3) is 0.538. The Labute approximate surface area is 103 Å². The summed E-state index contributed by atoms with van der Waals surface area (Å²) in [5.41, 5.74) is 0.995. The fourth-order valence-corrected chi connectivity index (χ4v) is 1.82. The molecule has 0 aliphatic heterocycles. The van der Waals surface area contributed by atoms with Crippen LogP contribution in [0.25, 0.3) is 0 Å². The summed E-state index contributed by atoms with van der Waals surface area (Å²) in [5.74, 6) is 0. The van der Waals surface area contributed by atoms with Crippen molar-refractivity contribution in [3.63, 3.8) is 0 Å². The lowest BCUT2D eigenvalue weighted by Gasteiger charge is -2.28. The van der Waals surface area contributed by atoms with Crippen LogP contribution >= 0.6 is 11.6 Å². The quantitative estimate of drug-likeness (QED) is 0.803. The topological polar surface area (TPSA) is 32.3 Å². The van der Waals surface area contributed by atoms with Gasteiger partial charge in [-0.05, 0) is 31.0 Å². The Morgan fingerprint density at radius 3 is 2.44 bits per heavy atom. The molecule has 0 saturated heterocycles. The minimum Gasteiger partial charge on any atom is -0.394 e. The van der Waals surface area contributed by atoms with Crippen molar-refractivity contribution in [3.8, 4) is 0 Å². The van der Waals surface area contributed by atoms with Crippen molar-refractivity contribution in [2.24, 2.45) is 0 Å². The second-order valence-electron chi connectivity index (χ2n) is 4.45. The monoisotopic (exact) mass is 241 g/mol. The molecule has 0 fully saturated rings. The summed E-state index contributed by atoms with van der Waals surface area (Å²) in [6.07, 6.45) is 2.03. The van der Waals surface area contributed by atoms with Gasteiger partial charge in [0.15, 0.2) is 0 Å².